The van der Waals surface area contributed by atoms with Gasteiger partial charge in [-0.25, -0.2) is 23.5 Å². The van der Waals surface area contributed by atoms with Gasteiger partial charge in [0.05, 0.1) is 16.7 Å². The molecule has 11 nitrogen and oxygen atoms in total. The molecule has 2 heterocycles. The number of carbonyl (C=O) groups excluding carboxylic acids is 1. The minimum Gasteiger partial charge on any atom is -0.478 e. The van der Waals surface area contributed by atoms with E-state index in [1.807, 2.05) is 0 Å². The second-order valence-electron chi connectivity index (χ2n) is 8.87. The molecule has 2 aromatic heterocycles. The van der Waals surface area contributed by atoms with Crippen molar-refractivity contribution in [2.45, 2.75) is 19.8 Å². The van der Waals surface area contributed by atoms with Crippen LogP contribution in [0.1, 0.15) is 39.3 Å². The van der Waals surface area contributed by atoms with Crippen molar-refractivity contribution in [2.24, 2.45) is 0 Å². The predicted molar refractivity (Wildman–Crippen MR) is 157 cm³/mol. The topological polar surface area (TPSA) is 199 Å². The fourth-order valence-electron chi connectivity index (χ4n) is 3.24. The van der Waals surface area contributed by atoms with Gasteiger partial charge in [0.25, 0.3) is 5.91 Å². The summed E-state index contributed by atoms with van der Waals surface area (Å²) < 4.78 is 99.8. The van der Waals surface area contributed by atoms with Crippen molar-refractivity contribution in [3.05, 3.63) is 107 Å². The first-order valence-electron chi connectivity index (χ1n) is 12.4. The summed E-state index contributed by atoms with van der Waals surface area (Å²) in [4.78, 5) is 29.2. The third-order valence-corrected chi connectivity index (χ3v) is 5.50. The molecule has 2 aromatic carbocycles. The highest BCUT2D eigenvalue weighted by Gasteiger charge is 2.31. The van der Waals surface area contributed by atoms with Gasteiger partial charge < -0.3 is 36.3 Å². The maximum Gasteiger partial charge on any atom is 0.491 e. The van der Waals surface area contributed by atoms with Crippen molar-refractivity contribution in [2.75, 3.05) is 11.1 Å². The molecule has 21 heteroatoms. The van der Waals surface area contributed by atoms with Crippen LogP contribution in [-0.2, 0) is 12.4 Å². The number of rotatable bonds is 5. The molecule has 0 unspecified atom stereocenters. The fourth-order valence-corrected chi connectivity index (χ4v) is 3.24. The van der Waals surface area contributed by atoms with E-state index >= 15 is 0 Å². The molecular formula is C27H24B2F8N4O7. The summed E-state index contributed by atoms with van der Waals surface area (Å²) >= 11 is 0. The molecular weight excluding hydrogens is 666 g/mol. The molecule has 48 heavy (non-hydrogen) atoms. The number of carboxylic acid groups (broad SMARTS) is 1. The summed E-state index contributed by atoms with van der Waals surface area (Å²) in [6.45, 7) is 0. The molecule has 4 rings (SSSR count). The third kappa shape index (κ3) is 12.2. The number of halogens is 8. The first-order chi connectivity index (χ1) is 21.7. The van der Waals surface area contributed by atoms with E-state index in [4.69, 9.17) is 30.9 Å². The molecule has 0 radical (unpaired) electrons. The average Bonchev–Trinajstić information content (AvgIpc) is 2.96. The number of anilines is 2. The van der Waals surface area contributed by atoms with Gasteiger partial charge in [-0.1, -0.05) is 19.6 Å². The number of nitrogens with zero attached hydrogens (tertiary/aromatic N) is 2. The molecule has 0 aliphatic carbocycles. The van der Waals surface area contributed by atoms with Crippen LogP contribution in [0.2, 0.25) is 0 Å². The van der Waals surface area contributed by atoms with Crippen LogP contribution in [0, 0.1) is 11.6 Å². The molecule has 1 amide bonds. The second-order valence-corrected chi connectivity index (χ2v) is 8.87. The summed E-state index contributed by atoms with van der Waals surface area (Å²) in [7, 11) is -3.97. The van der Waals surface area contributed by atoms with E-state index in [2.05, 4.69) is 15.3 Å². The highest BCUT2D eigenvalue weighted by atomic mass is 19.4. The van der Waals surface area contributed by atoms with Crippen molar-refractivity contribution in [3.8, 4) is 0 Å². The molecule has 0 bridgehead atoms. The molecule has 0 atom stereocenters. The smallest absolute Gasteiger partial charge is 0.478 e. The lowest BCUT2D eigenvalue weighted by atomic mass is 9.79. The number of nitrogens with one attached hydrogen (secondary N) is 1. The number of pyridine rings is 2. The van der Waals surface area contributed by atoms with Gasteiger partial charge in [-0.2, -0.15) is 26.3 Å². The van der Waals surface area contributed by atoms with E-state index in [0.717, 1.165) is 67.0 Å². The number of hydrogen-bond donors (Lipinski definition) is 7. The summed E-state index contributed by atoms with van der Waals surface area (Å²) in [5.41, 5.74) is 2.05. The third-order valence-electron chi connectivity index (χ3n) is 5.50. The van der Waals surface area contributed by atoms with E-state index in [-0.39, 0.29) is 35.7 Å². The zero-order valence-corrected chi connectivity index (χ0v) is 23.1. The number of amides is 1. The Labute approximate surface area is 266 Å². The monoisotopic (exact) mass is 690 g/mol. The van der Waals surface area contributed by atoms with E-state index in [1.54, 1.807) is 0 Å². The van der Waals surface area contributed by atoms with Gasteiger partial charge in [0.1, 0.15) is 23.3 Å². The normalized spacial score (nSPS) is 10.7. The maximum absolute atomic E-state index is 13.6. The van der Waals surface area contributed by atoms with Crippen LogP contribution in [0.5, 0.6) is 0 Å². The van der Waals surface area contributed by atoms with Crippen molar-refractivity contribution >= 4 is 48.7 Å². The van der Waals surface area contributed by atoms with Crippen LogP contribution in [0.15, 0.2) is 73.1 Å². The Bertz CT molecular complexity index is 1710. The summed E-state index contributed by atoms with van der Waals surface area (Å²) in [5, 5.41) is 45.5. The number of nitrogens with two attached hydrogens (primary N) is 1. The largest absolute Gasteiger partial charge is 0.491 e. The van der Waals surface area contributed by atoms with Gasteiger partial charge in [0.15, 0.2) is 0 Å². The van der Waals surface area contributed by atoms with Gasteiger partial charge in [-0.05, 0) is 48.5 Å². The summed E-state index contributed by atoms with van der Waals surface area (Å²) in [5.74, 6) is -4.62. The Morgan fingerprint density at radius 1 is 0.688 bits per heavy atom. The van der Waals surface area contributed by atoms with E-state index in [1.165, 1.54) is 0 Å². The summed E-state index contributed by atoms with van der Waals surface area (Å²) in [6.07, 6.45) is -7.02. The quantitative estimate of drug-likeness (QED) is 0.121. The van der Waals surface area contributed by atoms with Gasteiger partial charge in [0.2, 0.25) is 0 Å². The Balaban J connectivity index is 0.000000391. The van der Waals surface area contributed by atoms with Crippen molar-refractivity contribution < 1.29 is 69.9 Å². The number of aromatic carboxylic acids is 1. The lowest BCUT2D eigenvalue weighted by Crippen LogP contribution is -2.33. The molecule has 0 saturated carbocycles. The summed E-state index contributed by atoms with van der Waals surface area (Å²) in [6, 6.07) is 8.71. The predicted octanol–water partition coefficient (Wildman–Crippen LogP) is 2.69. The van der Waals surface area contributed by atoms with E-state index in [9.17, 15) is 44.7 Å². The second kappa shape index (κ2) is 17.2. The first-order valence-corrected chi connectivity index (χ1v) is 12.4. The Kier molecular flexibility index (Phi) is 14.6. The fraction of sp³-hybridized carbons (Fsp3) is 0.111. The number of nitrogen functional groups attached to an aromatic ring is 1. The van der Waals surface area contributed by atoms with Crippen LogP contribution >= 0.6 is 0 Å². The number of aromatic nitrogens is 2. The first kappa shape index (κ1) is 40.9. The molecule has 0 saturated heterocycles. The molecule has 4 aromatic rings. The Morgan fingerprint density at radius 2 is 1.12 bits per heavy atom. The van der Waals surface area contributed by atoms with Gasteiger partial charge in [-0.15, -0.1) is 0 Å². The van der Waals surface area contributed by atoms with Crippen LogP contribution in [0.4, 0.5) is 46.8 Å². The minimum absolute atomic E-state index is 0. The van der Waals surface area contributed by atoms with Crippen LogP contribution in [0.3, 0.4) is 0 Å². The molecule has 0 spiro atoms. The van der Waals surface area contributed by atoms with Crippen molar-refractivity contribution in [1.29, 1.82) is 0 Å². The zero-order valence-electron chi connectivity index (χ0n) is 23.1. The highest BCUT2D eigenvalue weighted by Crippen LogP contribution is 2.30. The van der Waals surface area contributed by atoms with Crippen LogP contribution in [0.25, 0.3) is 0 Å². The molecule has 256 valence electrons. The van der Waals surface area contributed by atoms with E-state index in [0.29, 0.717) is 6.07 Å². The van der Waals surface area contributed by atoms with Crippen molar-refractivity contribution in [1.82, 2.24) is 9.97 Å². The number of benzene rings is 2. The molecule has 0 aliphatic heterocycles. The number of carbonyl (C=O) groups is 2. The standard InChI is InChI=1S/C13H9BF4N2O3.C7H6BFO4.C6H5F3N2.CH4/c15-10-5-7(1-2-9(10)14(22)23)12(21)20-11-6-8(3-4-19-11)13(16,17)18;9-6-3-4(7(10)11)1-2-5(6)8(12)13;7-6(8,9)4-1-2-11-5(10)3-4;/h1-6,22-23H,(H,19,20,21);1-3,12-13H,(H,10,11);1-3H,(H2,10,11);1H4. The maximum atomic E-state index is 13.6. The molecule has 0 aliphatic rings. The van der Waals surface area contributed by atoms with Gasteiger partial charge in [0, 0.05) is 28.9 Å². The lowest BCUT2D eigenvalue weighted by molar-refractivity contribution is -0.138. The number of hydrogen-bond acceptors (Lipinski definition) is 9. The lowest BCUT2D eigenvalue weighted by Gasteiger charge is -2.09. The van der Waals surface area contributed by atoms with E-state index < -0.39 is 66.7 Å². The van der Waals surface area contributed by atoms with Crippen LogP contribution < -0.4 is 22.0 Å². The number of carboxylic acids is 1. The van der Waals surface area contributed by atoms with Gasteiger partial charge in [-0.3, -0.25) is 4.79 Å². The molecule has 0 fully saturated rings. The molecule has 8 N–H and O–H groups in total. The highest BCUT2D eigenvalue weighted by molar-refractivity contribution is 6.59. The Morgan fingerprint density at radius 3 is 1.52 bits per heavy atom. The van der Waals surface area contributed by atoms with Crippen molar-refractivity contribution in [3.63, 3.8) is 0 Å². The SMILES string of the molecule is C.Nc1cc(C(F)(F)F)ccn1.O=C(Nc1cc(C(F)(F)F)ccn1)c1ccc(B(O)O)c(F)c1.O=C(O)c1ccc(B(O)O)c(F)c1. The van der Waals surface area contributed by atoms with Crippen LogP contribution in [-0.4, -0.2) is 61.3 Å². The Hall–Kier alpha value is -5.11. The minimum atomic E-state index is -4.59. The zero-order chi connectivity index (χ0) is 35.7. The number of alkyl halides is 6. The van der Waals surface area contributed by atoms with Gasteiger partial charge >= 0.3 is 32.6 Å². The average molecular weight is 690 g/mol.